The summed E-state index contributed by atoms with van der Waals surface area (Å²) in [6, 6.07) is 18.0. The Balaban J connectivity index is 1.69. The molecule has 98 valence electrons. The van der Waals surface area contributed by atoms with Crippen LogP contribution in [0.5, 0.6) is 5.75 Å². The van der Waals surface area contributed by atoms with Crippen molar-refractivity contribution in [3.63, 3.8) is 0 Å². The number of benzene rings is 2. The zero-order valence-corrected chi connectivity index (χ0v) is 10.9. The van der Waals surface area contributed by atoms with E-state index in [0.29, 0.717) is 5.75 Å². The Morgan fingerprint density at radius 2 is 1.26 bits per heavy atom. The lowest BCUT2D eigenvalue weighted by Gasteiger charge is -2.37. The van der Waals surface area contributed by atoms with Crippen LogP contribution in [-0.4, -0.2) is 31.3 Å². The number of aromatic hydroxyl groups is 1. The molecule has 0 amide bonds. The summed E-state index contributed by atoms with van der Waals surface area (Å²) in [4.78, 5) is 4.63. The third-order valence-electron chi connectivity index (χ3n) is 3.62. The summed E-state index contributed by atoms with van der Waals surface area (Å²) in [6.07, 6.45) is 0. The van der Waals surface area contributed by atoms with E-state index in [1.54, 1.807) is 6.07 Å². The third kappa shape index (κ3) is 2.50. The van der Waals surface area contributed by atoms with Gasteiger partial charge in [0.25, 0.3) is 0 Å². The maximum absolute atomic E-state index is 9.89. The van der Waals surface area contributed by atoms with Gasteiger partial charge in [-0.3, -0.25) is 0 Å². The second-order valence-corrected chi connectivity index (χ2v) is 4.80. The largest absolute Gasteiger partial charge is 0.506 e. The molecule has 1 fully saturated rings. The van der Waals surface area contributed by atoms with Crippen LogP contribution in [0.1, 0.15) is 0 Å². The quantitative estimate of drug-likeness (QED) is 0.892. The summed E-state index contributed by atoms with van der Waals surface area (Å²) < 4.78 is 0. The summed E-state index contributed by atoms with van der Waals surface area (Å²) in [7, 11) is 0. The first-order chi connectivity index (χ1) is 9.34. The average Bonchev–Trinajstić information content (AvgIpc) is 2.49. The minimum absolute atomic E-state index is 0.371. The standard InChI is InChI=1S/C16H18N2O/c19-16-9-5-4-8-15(16)18-12-10-17(11-13-18)14-6-2-1-3-7-14/h1-9,19H,10-13H2. The van der Waals surface area contributed by atoms with E-state index in [-0.39, 0.29) is 0 Å². The highest BCUT2D eigenvalue weighted by molar-refractivity contribution is 5.59. The van der Waals surface area contributed by atoms with Gasteiger partial charge in [-0.05, 0) is 24.3 Å². The average molecular weight is 254 g/mol. The summed E-state index contributed by atoms with van der Waals surface area (Å²) >= 11 is 0. The molecule has 0 unspecified atom stereocenters. The maximum atomic E-state index is 9.89. The molecule has 0 aliphatic carbocycles. The Bertz CT molecular complexity index is 533. The molecule has 3 rings (SSSR count). The van der Waals surface area contributed by atoms with Crippen LogP contribution in [0, 0.1) is 0 Å². The lowest BCUT2D eigenvalue weighted by atomic mass is 10.2. The van der Waals surface area contributed by atoms with Crippen molar-refractivity contribution in [3.8, 4) is 5.75 Å². The molecule has 3 heteroatoms. The fraction of sp³-hybridized carbons (Fsp3) is 0.250. The normalized spacial score (nSPS) is 15.6. The van der Waals surface area contributed by atoms with E-state index in [1.807, 2.05) is 24.3 Å². The van der Waals surface area contributed by atoms with E-state index in [0.717, 1.165) is 31.9 Å². The van der Waals surface area contributed by atoms with Crippen molar-refractivity contribution in [2.45, 2.75) is 0 Å². The number of anilines is 2. The van der Waals surface area contributed by atoms with Gasteiger partial charge in [-0.15, -0.1) is 0 Å². The molecule has 1 aliphatic heterocycles. The second-order valence-electron chi connectivity index (χ2n) is 4.80. The third-order valence-corrected chi connectivity index (χ3v) is 3.62. The highest BCUT2D eigenvalue weighted by Gasteiger charge is 2.18. The Labute approximate surface area is 113 Å². The van der Waals surface area contributed by atoms with Crippen LogP contribution in [0.15, 0.2) is 54.6 Å². The SMILES string of the molecule is Oc1ccccc1N1CCN(c2ccccc2)CC1. The summed E-state index contributed by atoms with van der Waals surface area (Å²) in [5.41, 5.74) is 2.22. The number of rotatable bonds is 2. The molecule has 1 saturated heterocycles. The van der Waals surface area contributed by atoms with Gasteiger partial charge in [-0.1, -0.05) is 30.3 Å². The van der Waals surface area contributed by atoms with Gasteiger partial charge in [0.1, 0.15) is 5.75 Å². The van der Waals surface area contributed by atoms with E-state index >= 15 is 0 Å². The fourth-order valence-electron chi connectivity index (χ4n) is 2.58. The van der Waals surface area contributed by atoms with Crippen molar-refractivity contribution in [1.29, 1.82) is 0 Å². The molecule has 0 saturated carbocycles. The number of nitrogens with zero attached hydrogens (tertiary/aromatic N) is 2. The zero-order chi connectivity index (χ0) is 13.1. The molecule has 1 aliphatic rings. The molecule has 1 N–H and O–H groups in total. The zero-order valence-electron chi connectivity index (χ0n) is 10.9. The van der Waals surface area contributed by atoms with Crippen molar-refractivity contribution in [1.82, 2.24) is 0 Å². The molecule has 0 spiro atoms. The van der Waals surface area contributed by atoms with Crippen LogP contribution in [0.4, 0.5) is 11.4 Å². The van der Waals surface area contributed by atoms with Gasteiger partial charge in [-0.2, -0.15) is 0 Å². The number of phenols is 1. The second kappa shape index (κ2) is 5.22. The molecular weight excluding hydrogens is 236 g/mol. The molecule has 2 aromatic rings. The summed E-state index contributed by atoms with van der Waals surface area (Å²) in [6.45, 7) is 3.84. The first kappa shape index (κ1) is 11.9. The van der Waals surface area contributed by atoms with Gasteiger partial charge < -0.3 is 14.9 Å². The predicted octanol–water partition coefficient (Wildman–Crippen LogP) is 2.72. The maximum Gasteiger partial charge on any atom is 0.138 e. The smallest absolute Gasteiger partial charge is 0.138 e. The van der Waals surface area contributed by atoms with E-state index in [4.69, 9.17) is 0 Å². The predicted molar refractivity (Wildman–Crippen MR) is 79.0 cm³/mol. The van der Waals surface area contributed by atoms with Crippen molar-refractivity contribution in [3.05, 3.63) is 54.6 Å². The molecule has 2 aromatic carbocycles. The van der Waals surface area contributed by atoms with E-state index in [1.165, 1.54) is 5.69 Å². The fourth-order valence-corrected chi connectivity index (χ4v) is 2.58. The molecule has 1 heterocycles. The lowest BCUT2D eigenvalue weighted by Crippen LogP contribution is -2.46. The molecule has 0 aromatic heterocycles. The molecule has 3 nitrogen and oxygen atoms in total. The van der Waals surface area contributed by atoms with Gasteiger partial charge in [0.05, 0.1) is 5.69 Å². The van der Waals surface area contributed by atoms with Gasteiger partial charge >= 0.3 is 0 Å². The molecular formula is C16H18N2O. The first-order valence-electron chi connectivity index (χ1n) is 6.67. The van der Waals surface area contributed by atoms with Crippen molar-refractivity contribution >= 4 is 11.4 Å². The number of piperazine rings is 1. The minimum atomic E-state index is 0.371. The Morgan fingerprint density at radius 1 is 0.684 bits per heavy atom. The number of hydrogen-bond acceptors (Lipinski definition) is 3. The molecule has 0 radical (unpaired) electrons. The topological polar surface area (TPSA) is 26.7 Å². The monoisotopic (exact) mass is 254 g/mol. The van der Waals surface area contributed by atoms with Crippen LogP contribution in [0.25, 0.3) is 0 Å². The molecule has 0 atom stereocenters. The number of hydrogen-bond donors (Lipinski definition) is 1. The van der Waals surface area contributed by atoms with Gasteiger partial charge in [0.15, 0.2) is 0 Å². The van der Waals surface area contributed by atoms with Crippen molar-refractivity contribution in [2.75, 3.05) is 36.0 Å². The lowest BCUT2D eigenvalue weighted by molar-refractivity contribution is 0.472. The van der Waals surface area contributed by atoms with E-state index in [2.05, 4.69) is 34.1 Å². The van der Waals surface area contributed by atoms with E-state index in [9.17, 15) is 5.11 Å². The van der Waals surface area contributed by atoms with Gasteiger partial charge in [0.2, 0.25) is 0 Å². The van der Waals surface area contributed by atoms with Crippen LogP contribution >= 0.6 is 0 Å². The first-order valence-corrected chi connectivity index (χ1v) is 6.67. The Hall–Kier alpha value is -2.16. The van der Waals surface area contributed by atoms with Crippen molar-refractivity contribution in [2.24, 2.45) is 0 Å². The minimum Gasteiger partial charge on any atom is -0.506 e. The van der Waals surface area contributed by atoms with Crippen LogP contribution in [0.2, 0.25) is 0 Å². The molecule has 0 bridgehead atoms. The van der Waals surface area contributed by atoms with Gasteiger partial charge in [-0.25, -0.2) is 0 Å². The van der Waals surface area contributed by atoms with Crippen LogP contribution in [-0.2, 0) is 0 Å². The van der Waals surface area contributed by atoms with Gasteiger partial charge in [0, 0.05) is 31.9 Å². The van der Waals surface area contributed by atoms with Crippen LogP contribution < -0.4 is 9.80 Å². The summed E-state index contributed by atoms with van der Waals surface area (Å²) in [5, 5.41) is 9.89. The highest BCUT2D eigenvalue weighted by Crippen LogP contribution is 2.28. The summed E-state index contributed by atoms with van der Waals surface area (Å²) in [5.74, 6) is 0.371. The Morgan fingerprint density at radius 3 is 1.95 bits per heavy atom. The number of para-hydroxylation sites is 3. The van der Waals surface area contributed by atoms with Crippen LogP contribution in [0.3, 0.4) is 0 Å². The van der Waals surface area contributed by atoms with E-state index < -0.39 is 0 Å². The molecule has 19 heavy (non-hydrogen) atoms. The van der Waals surface area contributed by atoms with Crippen molar-refractivity contribution < 1.29 is 5.11 Å². The highest BCUT2D eigenvalue weighted by atomic mass is 16.3. The number of phenolic OH excluding ortho intramolecular Hbond substituents is 1. The Kier molecular flexibility index (Phi) is 3.27.